The largest absolute Gasteiger partial charge is 0.300 e. The van der Waals surface area contributed by atoms with E-state index in [4.69, 9.17) is 0 Å². The van der Waals surface area contributed by atoms with E-state index in [9.17, 15) is 0 Å². The summed E-state index contributed by atoms with van der Waals surface area (Å²) in [6, 6.07) is 10.5. The summed E-state index contributed by atoms with van der Waals surface area (Å²) in [5, 5.41) is 0. The van der Waals surface area contributed by atoms with Gasteiger partial charge in [0.2, 0.25) is 0 Å². The molecule has 3 atom stereocenters. The van der Waals surface area contributed by atoms with Crippen molar-refractivity contribution in [1.29, 1.82) is 0 Å². The highest BCUT2D eigenvalue weighted by Crippen LogP contribution is 2.46. The average Bonchev–Trinajstić information content (AvgIpc) is 2.26. The second-order valence-corrected chi connectivity index (χ2v) is 6.00. The van der Waals surface area contributed by atoms with E-state index in [2.05, 4.69) is 50.1 Å². The summed E-state index contributed by atoms with van der Waals surface area (Å²) in [4.78, 5) is 2.58. The van der Waals surface area contributed by atoms with Gasteiger partial charge >= 0.3 is 0 Å². The molecule has 1 aromatic rings. The molecule has 2 aliphatic rings. The number of benzene rings is 1. The van der Waals surface area contributed by atoms with Crippen LogP contribution in [-0.4, -0.2) is 24.0 Å². The van der Waals surface area contributed by atoms with Gasteiger partial charge in [0.15, 0.2) is 0 Å². The molecular weight excluding hydrogens is 194 g/mol. The van der Waals surface area contributed by atoms with E-state index < -0.39 is 0 Å². The molecule has 0 amide bonds. The van der Waals surface area contributed by atoms with E-state index in [1.54, 1.807) is 11.1 Å². The first-order valence-electron chi connectivity index (χ1n) is 6.40. The maximum Gasteiger partial charge on any atom is 0.0144 e. The lowest BCUT2D eigenvalue weighted by Crippen LogP contribution is -2.54. The number of likely N-dealkylation sites (N-methyl/N-ethyl adjacent to an activating group) is 1. The molecule has 2 bridgehead atoms. The van der Waals surface area contributed by atoms with E-state index in [1.165, 1.54) is 19.3 Å². The van der Waals surface area contributed by atoms with Gasteiger partial charge in [-0.1, -0.05) is 31.2 Å². The summed E-state index contributed by atoms with van der Waals surface area (Å²) in [6.07, 6.45) is 3.88. The molecule has 1 saturated heterocycles. The Balaban J connectivity index is 2.10. The van der Waals surface area contributed by atoms with Crippen molar-refractivity contribution in [3.05, 3.63) is 35.4 Å². The molecule has 1 aromatic carbocycles. The lowest BCUT2D eigenvalue weighted by molar-refractivity contribution is 0.0643. The maximum absolute atomic E-state index is 2.58. The molecule has 0 N–H and O–H groups in total. The molecule has 0 radical (unpaired) electrons. The van der Waals surface area contributed by atoms with E-state index in [1.807, 2.05) is 0 Å². The van der Waals surface area contributed by atoms with Crippen LogP contribution in [0.1, 0.15) is 37.8 Å². The molecule has 0 aromatic heterocycles. The highest BCUT2D eigenvalue weighted by molar-refractivity contribution is 5.38. The van der Waals surface area contributed by atoms with Crippen LogP contribution in [0.25, 0.3) is 0 Å². The first-order chi connectivity index (χ1) is 7.60. The van der Waals surface area contributed by atoms with Crippen LogP contribution in [0.15, 0.2) is 24.3 Å². The zero-order valence-electron chi connectivity index (χ0n) is 10.5. The Morgan fingerprint density at radius 1 is 1.25 bits per heavy atom. The van der Waals surface area contributed by atoms with Crippen LogP contribution in [0, 0.1) is 0 Å². The van der Waals surface area contributed by atoms with Crippen LogP contribution >= 0.6 is 0 Å². The number of rotatable bonds is 0. The molecule has 1 heteroatoms. The monoisotopic (exact) mass is 215 g/mol. The Kier molecular flexibility index (Phi) is 2.16. The molecule has 2 unspecified atom stereocenters. The number of fused-ring (bicyclic) bond motifs is 4. The van der Waals surface area contributed by atoms with Crippen LogP contribution in [0.3, 0.4) is 0 Å². The zero-order chi connectivity index (χ0) is 11.3. The first-order valence-corrected chi connectivity index (χ1v) is 6.40. The Hall–Kier alpha value is -0.820. The molecule has 1 aliphatic carbocycles. The lowest BCUT2D eigenvalue weighted by Gasteiger charge is -2.51. The van der Waals surface area contributed by atoms with Crippen molar-refractivity contribution in [1.82, 2.24) is 4.90 Å². The number of hydrogen-bond donors (Lipinski definition) is 0. The maximum atomic E-state index is 2.58. The van der Waals surface area contributed by atoms with E-state index in [-0.39, 0.29) is 0 Å². The number of piperidine rings is 1. The van der Waals surface area contributed by atoms with Crippen molar-refractivity contribution in [2.24, 2.45) is 0 Å². The van der Waals surface area contributed by atoms with Gasteiger partial charge in [-0.3, -0.25) is 0 Å². The molecule has 86 valence electrons. The van der Waals surface area contributed by atoms with Gasteiger partial charge in [-0.2, -0.15) is 0 Å². The molecular formula is C15H21N. The Bertz CT molecular complexity index is 412. The predicted molar refractivity (Wildman–Crippen MR) is 67.7 cm³/mol. The fraction of sp³-hybridized carbons (Fsp3) is 0.600. The van der Waals surface area contributed by atoms with Gasteiger partial charge in [-0.05, 0) is 49.8 Å². The zero-order valence-corrected chi connectivity index (χ0v) is 10.5. The highest BCUT2D eigenvalue weighted by atomic mass is 15.2. The van der Waals surface area contributed by atoms with Gasteiger partial charge in [-0.15, -0.1) is 0 Å². The normalized spacial score (nSPS) is 38.2. The summed E-state index contributed by atoms with van der Waals surface area (Å²) < 4.78 is 0. The van der Waals surface area contributed by atoms with Crippen molar-refractivity contribution >= 4 is 0 Å². The predicted octanol–water partition coefficient (Wildman–Crippen LogP) is 2.98. The minimum absolute atomic E-state index is 0.422. The van der Waals surface area contributed by atoms with Gasteiger partial charge < -0.3 is 4.90 Å². The van der Waals surface area contributed by atoms with Gasteiger partial charge in [0.05, 0.1) is 0 Å². The van der Waals surface area contributed by atoms with Crippen molar-refractivity contribution in [3.63, 3.8) is 0 Å². The Morgan fingerprint density at radius 3 is 2.81 bits per heavy atom. The number of nitrogens with zero attached hydrogens (tertiary/aromatic N) is 1. The highest BCUT2D eigenvalue weighted by Gasteiger charge is 2.43. The minimum Gasteiger partial charge on any atom is -0.300 e. The number of likely N-dealkylation sites (tertiary alicyclic amines) is 1. The minimum atomic E-state index is 0.422. The number of hydrogen-bond acceptors (Lipinski definition) is 1. The quantitative estimate of drug-likeness (QED) is 0.643. The average molecular weight is 215 g/mol. The standard InChI is InChI=1S/C15H21N/c1-11-9-15(2)10-13(16(11)3)8-12-6-4-5-7-14(12)15/h4-7,11,13H,8-10H2,1-3H3/t11-,13?,15?/m0/s1. The van der Waals surface area contributed by atoms with Crippen LogP contribution in [0.2, 0.25) is 0 Å². The van der Waals surface area contributed by atoms with Crippen LogP contribution < -0.4 is 0 Å². The van der Waals surface area contributed by atoms with Gasteiger partial charge in [0, 0.05) is 12.1 Å². The first kappa shape index (κ1) is 10.3. The van der Waals surface area contributed by atoms with Crippen molar-refractivity contribution in [3.8, 4) is 0 Å². The second kappa shape index (κ2) is 3.33. The van der Waals surface area contributed by atoms with Gasteiger partial charge in [0.25, 0.3) is 0 Å². The van der Waals surface area contributed by atoms with Gasteiger partial charge in [0.1, 0.15) is 0 Å². The van der Waals surface area contributed by atoms with E-state index in [0.717, 1.165) is 12.1 Å². The molecule has 1 heterocycles. The van der Waals surface area contributed by atoms with Crippen LogP contribution in [0.4, 0.5) is 0 Å². The molecule has 0 spiro atoms. The van der Waals surface area contributed by atoms with Crippen molar-refractivity contribution in [2.45, 2.75) is 50.6 Å². The molecule has 16 heavy (non-hydrogen) atoms. The Morgan fingerprint density at radius 2 is 2.00 bits per heavy atom. The molecule has 0 saturated carbocycles. The van der Waals surface area contributed by atoms with E-state index >= 15 is 0 Å². The van der Waals surface area contributed by atoms with Crippen molar-refractivity contribution in [2.75, 3.05) is 7.05 Å². The summed E-state index contributed by atoms with van der Waals surface area (Å²) in [5.74, 6) is 0. The molecule has 1 aliphatic heterocycles. The summed E-state index contributed by atoms with van der Waals surface area (Å²) in [5.41, 5.74) is 3.62. The van der Waals surface area contributed by atoms with Gasteiger partial charge in [-0.25, -0.2) is 0 Å². The lowest BCUT2D eigenvalue weighted by atomic mass is 9.63. The fourth-order valence-electron chi connectivity index (χ4n) is 3.88. The molecule has 1 nitrogen and oxygen atoms in total. The third kappa shape index (κ3) is 1.34. The van der Waals surface area contributed by atoms with Crippen molar-refractivity contribution < 1.29 is 0 Å². The SMILES string of the molecule is C[C@H]1CC2(C)CC(Cc3ccccc32)N1C. The third-order valence-electron chi connectivity index (χ3n) is 4.83. The van der Waals surface area contributed by atoms with Crippen LogP contribution in [0.5, 0.6) is 0 Å². The van der Waals surface area contributed by atoms with Crippen LogP contribution in [-0.2, 0) is 11.8 Å². The summed E-state index contributed by atoms with van der Waals surface area (Å²) in [7, 11) is 2.29. The molecule has 1 fully saturated rings. The third-order valence-corrected chi connectivity index (χ3v) is 4.83. The smallest absolute Gasteiger partial charge is 0.0144 e. The van der Waals surface area contributed by atoms with E-state index in [0.29, 0.717) is 5.41 Å². The summed E-state index contributed by atoms with van der Waals surface area (Å²) >= 11 is 0. The summed E-state index contributed by atoms with van der Waals surface area (Å²) in [6.45, 7) is 4.83. The fourth-order valence-corrected chi connectivity index (χ4v) is 3.88. The Labute approximate surface area is 98.5 Å². The topological polar surface area (TPSA) is 3.24 Å². The second-order valence-electron chi connectivity index (χ2n) is 6.00. The molecule has 3 rings (SSSR count).